The van der Waals surface area contributed by atoms with Crippen molar-refractivity contribution in [3.8, 4) is 0 Å². The Bertz CT molecular complexity index is 915. The van der Waals surface area contributed by atoms with Gasteiger partial charge in [0.1, 0.15) is 0 Å². The molecule has 8 nitrogen and oxygen atoms in total. The third-order valence-electron chi connectivity index (χ3n) is 4.13. The van der Waals surface area contributed by atoms with Gasteiger partial charge in [-0.25, -0.2) is 17.5 Å². The molecule has 0 radical (unpaired) electrons. The molecule has 156 valence electrons. The molecule has 0 atom stereocenters. The summed E-state index contributed by atoms with van der Waals surface area (Å²) in [6.07, 6.45) is 1.69. The van der Waals surface area contributed by atoms with Crippen molar-refractivity contribution in [1.82, 2.24) is 9.62 Å². The van der Waals surface area contributed by atoms with Crippen LogP contribution in [-0.2, 0) is 10.0 Å². The number of carbonyl (C=O) groups is 2. The fourth-order valence-corrected chi connectivity index (χ4v) is 3.57. The number of hydrogen-bond acceptors (Lipinski definition) is 4. The normalized spacial score (nSPS) is 11.1. The monoisotopic (exact) mass is 418 g/mol. The van der Waals surface area contributed by atoms with E-state index in [9.17, 15) is 18.0 Å². The van der Waals surface area contributed by atoms with Crippen LogP contribution in [0.3, 0.4) is 0 Å². The van der Waals surface area contributed by atoms with Gasteiger partial charge < -0.3 is 16.0 Å². The van der Waals surface area contributed by atoms with Crippen LogP contribution in [0.4, 0.5) is 16.2 Å². The molecule has 0 fully saturated rings. The van der Waals surface area contributed by atoms with Crippen LogP contribution in [0.1, 0.15) is 23.7 Å². The molecule has 0 bridgehead atoms. The second-order valence-corrected chi connectivity index (χ2v) is 8.37. The summed E-state index contributed by atoms with van der Waals surface area (Å²) < 4.78 is 24.4. The van der Waals surface area contributed by atoms with Crippen LogP contribution in [0.15, 0.2) is 54.6 Å². The molecule has 0 spiro atoms. The number of anilines is 2. The van der Waals surface area contributed by atoms with Crippen LogP contribution in [0.2, 0.25) is 0 Å². The molecule has 3 N–H and O–H groups in total. The predicted octanol–water partition coefficient (Wildman–Crippen LogP) is 2.73. The summed E-state index contributed by atoms with van der Waals surface area (Å²) in [6.45, 7) is 2.90. The molecule has 0 aliphatic rings. The van der Waals surface area contributed by atoms with E-state index in [0.29, 0.717) is 43.0 Å². The average molecular weight is 419 g/mol. The lowest BCUT2D eigenvalue weighted by Crippen LogP contribution is -2.33. The fraction of sp³-hybridized carbons (Fsp3) is 0.300. The van der Waals surface area contributed by atoms with E-state index in [-0.39, 0.29) is 11.9 Å². The van der Waals surface area contributed by atoms with E-state index in [0.717, 1.165) is 0 Å². The Hall–Kier alpha value is -2.91. The summed E-state index contributed by atoms with van der Waals surface area (Å²) >= 11 is 0. The van der Waals surface area contributed by atoms with Crippen LogP contribution >= 0.6 is 0 Å². The molecule has 2 aromatic rings. The van der Waals surface area contributed by atoms with E-state index in [1.54, 1.807) is 43.3 Å². The number of rotatable bonds is 9. The molecular formula is C20H26N4O4S. The Labute approximate surface area is 171 Å². The van der Waals surface area contributed by atoms with Gasteiger partial charge in [0.2, 0.25) is 10.0 Å². The molecule has 0 heterocycles. The van der Waals surface area contributed by atoms with Crippen molar-refractivity contribution in [2.75, 3.05) is 36.5 Å². The van der Waals surface area contributed by atoms with Gasteiger partial charge in [0.15, 0.2) is 0 Å². The highest BCUT2D eigenvalue weighted by atomic mass is 32.2. The van der Waals surface area contributed by atoms with E-state index >= 15 is 0 Å². The Balaban J connectivity index is 1.78. The number of benzene rings is 2. The first kappa shape index (κ1) is 22.4. The zero-order valence-electron chi connectivity index (χ0n) is 16.5. The van der Waals surface area contributed by atoms with Gasteiger partial charge in [0.25, 0.3) is 5.91 Å². The number of para-hydroxylation sites is 1. The van der Waals surface area contributed by atoms with Crippen LogP contribution in [-0.4, -0.2) is 50.6 Å². The van der Waals surface area contributed by atoms with Crippen LogP contribution in [0.5, 0.6) is 0 Å². The minimum atomic E-state index is -3.22. The predicted molar refractivity (Wildman–Crippen MR) is 115 cm³/mol. The minimum absolute atomic E-state index is 0.257. The molecule has 9 heteroatoms. The number of urea groups is 1. The van der Waals surface area contributed by atoms with Gasteiger partial charge >= 0.3 is 6.03 Å². The van der Waals surface area contributed by atoms with E-state index in [4.69, 9.17) is 0 Å². The van der Waals surface area contributed by atoms with Crippen molar-refractivity contribution in [3.63, 3.8) is 0 Å². The first-order chi connectivity index (χ1) is 13.8. The van der Waals surface area contributed by atoms with Gasteiger partial charge in [-0.2, -0.15) is 0 Å². The fourth-order valence-electron chi connectivity index (χ4n) is 2.64. The minimum Gasteiger partial charge on any atom is -0.352 e. The summed E-state index contributed by atoms with van der Waals surface area (Å²) in [5.41, 5.74) is 1.69. The molecule has 0 aromatic heterocycles. The molecule has 2 rings (SSSR count). The first-order valence-corrected chi connectivity index (χ1v) is 11.1. The Morgan fingerprint density at radius 2 is 1.52 bits per heavy atom. The molecule has 0 saturated heterocycles. The second kappa shape index (κ2) is 10.6. The van der Waals surface area contributed by atoms with Crippen molar-refractivity contribution >= 4 is 33.3 Å². The average Bonchev–Trinajstić information content (AvgIpc) is 2.68. The standard InChI is InChI=1S/C20H26N4O4S/c1-3-24(29(2,27)28)15-7-14-21-19(25)16-10-12-18(13-11-16)23-20(26)22-17-8-5-4-6-9-17/h4-6,8-13H,3,7,14-15H2,1-2H3,(H,21,25)(H2,22,23,26). The van der Waals surface area contributed by atoms with Crippen LogP contribution in [0.25, 0.3) is 0 Å². The van der Waals surface area contributed by atoms with Crippen molar-refractivity contribution < 1.29 is 18.0 Å². The lowest BCUT2D eigenvalue weighted by Gasteiger charge is -2.17. The van der Waals surface area contributed by atoms with Crippen LogP contribution < -0.4 is 16.0 Å². The van der Waals surface area contributed by atoms with Crippen molar-refractivity contribution in [3.05, 3.63) is 60.2 Å². The number of amides is 3. The molecule has 0 aliphatic carbocycles. The lowest BCUT2D eigenvalue weighted by atomic mass is 10.2. The lowest BCUT2D eigenvalue weighted by molar-refractivity contribution is 0.0953. The molecule has 0 saturated carbocycles. The second-order valence-electron chi connectivity index (χ2n) is 6.39. The molecule has 0 aliphatic heterocycles. The van der Waals surface area contributed by atoms with Crippen molar-refractivity contribution in [2.45, 2.75) is 13.3 Å². The van der Waals surface area contributed by atoms with Gasteiger partial charge in [0.05, 0.1) is 6.26 Å². The summed E-state index contributed by atoms with van der Waals surface area (Å²) in [4.78, 5) is 24.2. The summed E-state index contributed by atoms with van der Waals surface area (Å²) in [5, 5.41) is 8.17. The molecule has 3 amide bonds. The number of sulfonamides is 1. The number of nitrogens with one attached hydrogen (secondary N) is 3. The Morgan fingerprint density at radius 3 is 2.07 bits per heavy atom. The van der Waals surface area contributed by atoms with Crippen molar-refractivity contribution in [2.24, 2.45) is 0 Å². The number of hydrogen-bond donors (Lipinski definition) is 3. The van der Waals surface area contributed by atoms with Gasteiger partial charge in [0, 0.05) is 36.6 Å². The highest BCUT2D eigenvalue weighted by Gasteiger charge is 2.13. The number of carbonyl (C=O) groups excluding carboxylic acids is 2. The quantitative estimate of drug-likeness (QED) is 0.544. The van der Waals surface area contributed by atoms with Gasteiger partial charge in [-0.05, 0) is 42.8 Å². The summed E-state index contributed by atoms with van der Waals surface area (Å²) in [6, 6.07) is 15.2. The zero-order chi connectivity index (χ0) is 21.3. The first-order valence-electron chi connectivity index (χ1n) is 9.26. The van der Waals surface area contributed by atoms with E-state index in [1.807, 2.05) is 18.2 Å². The summed E-state index contributed by atoms with van der Waals surface area (Å²) in [5.74, 6) is -0.257. The zero-order valence-corrected chi connectivity index (χ0v) is 17.3. The van der Waals surface area contributed by atoms with Gasteiger partial charge in [-0.1, -0.05) is 25.1 Å². The maximum atomic E-state index is 12.2. The van der Waals surface area contributed by atoms with Gasteiger partial charge in [-0.3, -0.25) is 4.79 Å². The number of nitrogens with zero attached hydrogens (tertiary/aromatic N) is 1. The van der Waals surface area contributed by atoms with Gasteiger partial charge in [-0.15, -0.1) is 0 Å². The molecule has 0 unspecified atom stereocenters. The molecular weight excluding hydrogens is 392 g/mol. The maximum absolute atomic E-state index is 12.2. The Kier molecular flexibility index (Phi) is 8.17. The third-order valence-corrected chi connectivity index (χ3v) is 5.51. The maximum Gasteiger partial charge on any atom is 0.323 e. The van der Waals surface area contributed by atoms with Crippen molar-refractivity contribution in [1.29, 1.82) is 0 Å². The topological polar surface area (TPSA) is 108 Å². The molecule has 2 aromatic carbocycles. The van der Waals surface area contributed by atoms with E-state index in [2.05, 4.69) is 16.0 Å². The highest BCUT2D eigenvalue weighted by molar-refractivity contribution is 7.88. The largest absolute Gasteiger partial charge is 0.352 e. The van der Waals surface area contributed by atoms with Crippen LogP contribution in [0, 0.1) is 0 Å². The smallest absolute Gasteiger partial charge is 0.323 e. The van der Waals surface area contributed by atoms with E-state index in [1.165, 1.54) is 10.6 Å². The third kappa shape index (κ3) is 7.55. The molecule has 29 heavy (non-hydrogen) atoms. The summed E-state index contributed by atoms with van der Waals surface area (Å²) in [7, 11) is -3.22. The highest BCUT2D eigenvalue weighted by Crippen LogP contribution is 2.11. The Morgan fingerprint density at radius 1 is 0.931 bits per heavy atom. The SMILES string of the molecule is CCN(CCCNC(=O)c1ccc(NC(=O)Nc2ccccc2)cc1)S(C)(=O)=O. The van der Waals surface area contributed by atoms with E-state index < -0.39 is 10.0 Å².